The fraction of sp³-hybridized carbons (Fsp3) is 0.316. The Bertz CT molecular complexity index is 966. The lowest BCUT2D eigenvalue weighted by molar-refractivity contribution is 0.0629. The maximum absolute atomic E-state index is 13.5. The first-order chi connectivity index (χ1) is 13.2. The largest absolute Gasteiger partial charge is 0.496 e. The quantitative estimate of drug-likeness (QED) is 0.702. The number of fused-ring (bicyclic) bond motifs is 1. The highest BCUT2D eigenvalue weighted by molar-refractivity contribution is 5.99. The highest BCUT2D eigenvalue weighted by Crippen LogP contribution is 2.22. The van der Waals surface area contributed by atoms with Crippen molar-refractivity contribution in [1.29, 1.82) is 0 Å². The maximum Gasteiger partial charge on any atom is 0.259 e. The van der Waals surface area contributed by atoms with E-state index in [1.807, 2.05) is 4.90 Å². The summed E-state index contributed by atoms with van der Waals surface area (Å²) in [6.07, 6.45) is 4.98. The monoisotopic (exact) mass is 369 g/mol. The molecule has 2 aromatic heterocycles. The van der Waals surface area contributed by atoms with Crippen LogP contribution in [0.4, 0.5) is 4.39 Å². The molecule has 7 nitrogen and oxygen atoms in total. The lowest BCUT2D eigenvalue weighted by atomic mass is 10.1. The molecule has 8 heteroatoms. The van der Waals surface area contributed by atoms with Crippen LogP contribution in [0, 0.1) is 5.82 Å². The molecule has 1 saturated heterocycles. The zero-order valence-electron chi connectivity index (χ0n) is 15.0. The van der Waals surface area contributed by atoms with E-state index in [1.165, 1.54) is 12.1 Å². The molecule has 3 aromatic rings. The third kappa shape index (κ3) is 3.48. The SMILES string of the molecule is COc1ccc(F)cc1CN1CCN(C(=O)c2cnn3cccnc23)CC1. The normalized spacial score (nSPS) is 15.3. The van der Waals surface area contributed by atoms with Crippen LogP contribution in [0.1, 0.15) is 15.9 Å². The fourth-order valence-electron chi connectivity index (χ4n) is 3.37. The molecule has 0 saturated carbocycles. The maximum atomic E-state index is 13.5. The summed E-state index contributed by atoms with van der Waals surface area (Å²) in [6.45, 7) is 3.19. The Kier molecular flexibility index (Phi) is 4.72. The zero-order chi connectivity index (χ0) is 18.8. The smallest absolute Gasteiger partial charge is 0.259 e. The van der Waals surface area contributed by atoms with Crippen molar-refractivity contribution in [2.75, 3.05) is 33.3 Å². The second-order valence-corrected chi connectivity index (χ2v) is 6.47. The highest BCUT2D eigenvalue weighted by atomic mass is 19.1. The van der Waals surface area contributed by atoms with E-state index in [0.717, 1.165) is 5.56 Å². The average Bonchev–Trinajstić information content (AvgIpc) is 3.12. The average molecular weight is 369 g/mol. The number of methoxy groups -OCH3 is 1. The third-order valence-electron chi connectivity index (χ3n) is 4.81. The third-order valence-corrected chi connectivity index (χ3v) is 4.81. The summed E-state index contributed by atoms with van der Waals surface area (Å²) in [4.78, 5) is 21.1. The van der Waals surface area contributed by atoms with Gasteiger partial charge in [0, 0.05) is 50.7 Å². The van der Waals surface area contributed by atoms with Crippen molar-refractivity contribution in [2.24, 2.45) is 0 Å². The van der Waals surface area contributed by atoms with Gasteiger partial charge in [-0.25, -0.2) is 13.9 Å². The summed E-state index contributed by atoms with van der Waals surface area (Å²) in [5, 5.41) is 4.18. The van der Waals surface area contributed by atoms with E-state index >= 15 is 0 Å². The lowest BCUT2D eigenvalue weighted by Gasteiger charge is -2.34. The Hall–Kier alpha value is -3.00. The minimum Gasteiger partial charge on any atom is -0.496 e. The number of hydrogen-bond acceptors (Lipinski definition) is 5. The molecule has 0 radical (unpaired) electrons. The Morgan fingerprint density at radius 3 is 2.85 bits per heavy atom. The van der Waals surface area contributed by atoms with E-state index in [9.17, 15) is 9.18 Å². The number of benzene rings is 1. The number of carbonyl (C=O) groups excluding carboxylic acids is 1. The molecule has 27 heavy (non-hydrogen) atoms. The van der Waals surface area contributed by atoms with Crippen LogP contribution in [0.15, 0.2) is 42.9 Å². The summed E-state index contributed by atoms with van der Waals surface area (Å²) < 4.78 is 20.5. The van der Waals surface area contributed by atoms with Gasteiger partial charge in [0.2, 0.25) is 0 Å². The van der Waals surface area contributed by atoms with Crippen molar-refractivity contribution in [2.45, 2.75) is 6.54 Å². The number of hydrogen-bond donors (Lipinski definition) is 0. The van der Waals surface area contributed by atoms with Crippen molar-refractivity contribution < 1.29 is 13.9 Å². The summed E-state index contributed by atoms with van der Waals surface area (Å²) in [5.74, 6) is 0.333. The minimum atomic E-state index is -0.278. The lowest BCUT2D eigenvalue weighted by Crippen LogP contribution is -2.48. The van der Waals surface area contributed by atoms with Gasteiger partial charge in [0.05, 0.1) is 13.3 Å². The van der Waals surface area contributed by atoms with E-state index in [-0.39, 0.29) is 11.7 Å². The summed E-state index contributed by atoms with van der Waals surface area (Å²) >= 11 is 0. The number of rotatable bonds is 4. The second kappa shape index (κ2) is 7.32. The van der Waals surface area contributed by atoms with Crippen LogP contribution >= 0.6 is 0 Å². The Morgan fingerprint density at radius 2 is 2.07 bits per heavy atom. The van der Waals surface area contributed by atoms with Gasteiger partial charge in [0.15, 0.2) is 5.65 Å². The molecule has 140 valence electrons. The topological polar surface area (TPSA) is 63.0 Å². The molecule has 1 fully saturated rings. The molecule has 1 aliphatic heterocycles. The number of amides is 1. The van der Waals surface area contributed by atoms with Crippen LogP contribution in [0.3, 0.4) is 0 Å². The molecule has 4 rings (SSSR count). The molecular formula is C19H20FN5O2. The van der Waals surface area contributed by atoms with Crippen LogP contribution in [0.2, 0.25) is 0 Å². The molecule has 0 atom stereocenters. The van der Waals surface area contributed by atoms with Gasteiger partial charge >= 0.3 is 0 Å². The van der Waals surface area contributed by atoms with Crippen molar-refractivity contribution in [3.8, 4) is 5.75 Å². The van der Waals surface area contributed by atoms with Crippen LogP contribution in [0.25, 0.3) is 5.65 Å². The van der Waals surface area contributed by atoms with E-state index in [2.05, 4.69) is 15.0 Å². The number of halogens is 1. The first kappa shape index (κ1) is 17.4. The van der Waals surface area contributed by atoms with Crippen LogP contribution in [-0.2, 0) is 6.54 Å². The van der Waals surface area contributed by atoms with Gasteiger partial charge in [0.25, 0.3) is 5.91 Å². The van der Waals surface area contributed by atoms with Crippen molar-refractivity contribution in [3.05, 3.63) is 59.8 Å². The molecule has 0 spiro atoms. The highest BCUT2D eigenvalue weighted by Gasteiger charge is 2.25. The van der Waals surface area contributed by atoms with Gasteiger partial charge in [-0.2, -0.15) is 5.10 Å². The van der Waals surface area contributed by atoms with Gasteiger partial charge in [-0.05, 0) is 24.3 Å². The van der Waals surface area contributed by atoms with Crippen molar-refractivity contribution in [1.82, 2.24) is 24.4 Å². The molecule has 1 amide bonds. The predicted molar refractivity (Wildman–Crippen MR) is 97.1 cm³/mol. The number of carbonyl (C=O) groups is 1. The summed E-state index contributed by atoms with van der Waals surface area (Å²) in [7, 11) is 1.58. The number of piperazine rings is 1. The number of nitrogens with zero attached hydrogens (tertiary/aromatic N) is 5. The van der Waals surface area contributed by atoms with Crippen LogP contribution < -0.4 is 4.74 Å². The van der Waals surface area contributed by atoms with Crippen molar-refractivity contribution >= 4 is 11.6 Å². The first-order valence-corrected chi connectivity index (χ1v) is 8.78. The van der Waals surface area contributed by atoms with Gasteiger partial charge in [-0.3, -0.25) is 9.69 Å². The van der Waals surface area contributed by atoms with Gasteiger partial charge < -0.3 is 9.64 Å². The van der Waals surface area contributed by atoms with E-state index < -0.39 is 0 Å². The molecule has 1 aliphatic rings. The number of aromatic nitrogens is 3. The molecule has 0 N–H and O–H groups in total. The molecule has 0 bridgehead atoms. The zero-order valence-corrected chi connectivity index (χ0v) is 15.0. The summed E-state index contributed by atoms with van der Waals surface area (Å²) in [6, 6.07) is 6.31. The second-order valence-electron chi connectivity index (χ2n) is 6.47. The van der Waals surface area contributed by atoms with Crippen LogP contribution in [0.5, 0.6) is 5.75 Å². The summed E-state index contributed by atoms with van der Waals surface area (Å²) in [5.41, 5.74) is 1.88. The number of ether oxygens (including phenoxy) is 1. The Labute approximate surface area is 156 Å². The molecule has 0 unspecified atom stereocenters. The van der Waals surface area contributed by atoms with Crippen LogP contribution in [-0.4, -0.2) is 63.6 Å². The minimum absolute atomic E-state index is 0.0633. The van der Waals surface area contributed by atoms with Gasteiger partial charge in [-0.1, -0.05) is 0 Å². The van der Waals surface area contributed by atoms with Crippen molar-refractivity contribution in [3.63, 3.8) is 0 Å². The molecule has 1 aromatic carbocycles. The molecule has 0 aliphatic carbocycles. The fourth-order valence-corrected chi connectivity index (χ4v) is 3.37. The predicted octanol–water partition coefficient (Wildman–Crippen LogP) is 1.83. The van der Waals surface area contributed by atoms with E-state index in [4.69, 9.17) is 4.74 Å². The molecule has 3 heterocycles. The first-order valence-electron chi connectivity index (χ1n) is 8.78. The van der Waals surface area contributed by atoms with Gasteiger partial charge in [-0.15, -0.1) is 0 Å². The molecular weight excluding hydrogens is 349 g/mol. The van der Waals surface area contributed by atoms with E-state index in [0.29, 0.717) is 49.7 Å². The van der Waals surface area contributed by atoms with Gasteiger partial charge in [0.1, 0.15) is 17.1 Å². The Morgan fingerprint density at radius 1 is 1.26 bits per heavy atom. The standard InChI is InChI=1S/C19H20FN5O2/c1-27-17-4-3-15(20)11-14(17)13-23-7-9-24(10-8-23)19(26)16-12-22-25-6-2-5-21-18(16)25/h2-6,11-12H,7-10,13H2,1H3. The Balaban J connectivity index is 1.42. The van der Waals surface area contributed by atoms with E-state index in [1.54, 1.807) is 42.3 Å².